The van der Waals surface area contributed by atoms with Crippen LogP contribution >= 0.6 is 0 Å². The van der Waals surface area contributed by atoms with Crippen molar-refractivity contribution in [3.63, 3.8) is 0 Å². The Kier molecular flexibility index (Phi) is 1.94. The van der Waals surface area contributed by atoms with E-state index < -0.39 is 0 Å². The summed E-state index contributed by atoms with van der Waals surface area (Å²) in [6.07, 6.45) is 2.65. The summed E-state index contributed by atoms with van der Waals surface area (Å²) in [6, 6.07) is 0. The third-order valence-corrected chi connectivity index (χ3v) is 1.28. The molecule has 0 fully saturated rings. The molecule has 3 nitrogen and oxygen atoms in total. The number of hydrogen-bond donors (Lipinski definition) is 2. The fraction of sp³-hybridized carbons (Fsp3) is 0.571. The summed E-state index contributed by atoms with van der Waals surface area (Å²) in [6.45, 7) is 4.23. The van der Waals surface area contributed by atoms with E-state index in [1.165, 1.54) is 0 Å². The van der Waals surface area contributed by atoms with Crippen LogP contribution in [0.2, 0.25) is 0 Å². The van der Waals surface area contributed by atoms with E-state index in [0.717, 1.165) is 12.1 Å². The standard InChI is InChI=1S/C7H12N2O/c1-5(2)3-6-4-8-7(10)9-6/h4-5H,3H2,1-2H3,(H2,8,9,10). The number of imidazole rings is 1. The predicted molar refractivity (Wildman–Crippen MR) is 40.0 cm³/mol. The average Bonchev–Trinajstić information content (AvgIpc) is 2.13. The zero-order chi connectivity index (χ0) is 7.56. The fourth-order valence-electron chi connectivity index (χ4n) is 0.920. The lowest BCUT2D eigenvalue weighted by Gasteiger charge is -1.98. The molecule has 2 N–H and O–H groups in total. The molecule has 3 heteroatoms. The maximum atomic E-state index is 10.6. The molecular weight excluding hydrogens is 128 g/mol. The van der Waals surface area contributed by atoms with E-state index in [1.54, 1.807) is 6.20 Å². The van der Waals surface area contributed by atoms with Gasteiger partial charge in [0.05, 0.1) is 0 Å². The first-order chi connectivity index (χ1) is 4.68. The van der Waals surface area contributed by atoms with Crippen molar-refractivity contribution < 1.29 is 0 Å². The molecule has 0 unspecified atom stereocenters. The van der Waals surface area contributed by atoms with E-state index >= 15 is 0 Å². The summed E-state index contributed by atoms with van der Waals surface area (Å²) in [7, 11) is 0. The molecule has 0 aliphatic heterocycles. The second-order valence-corrected chi connectivity index (χ2v) is 2.87. The molecule has 56 valence electrons. The number of H-pyrrole nitrogens is 2. The third kappa shape index (κ3) is 1.76. The van der Waals surface area contributed by atoms with Crippen LogP contribution in [0.4, 0.5) is 0 Å². The number of aromatic amines is 2. The maximum Gasteiger partial charge on any atom is 0.323 e. The van der Waals surface area contributed by atoms with Gasteiger partial charge >= 0.3 is 5.69 Å². The first-order valence-corrected chi connectivity index (χ1v) is 3.45. The zero-order valence-corrected chi connectivity index (χ0v) is 6.27. The Hall–Kier alpha value is -0.990. The molecular formula is C7H12N2O. The minimum atomic E-state index is -0.115. The summed E-state index contributed by atoms with van der Waals surface area (Å²) in [4.78, 5) is 15.8. The van der Waals surface area contributed by atoms with Gasteiger partial charge in [0.1, 0.15) is 0 Å². The summed E-state index contributed by atoms with van der Waals surface area (Å²) < 4.78 is 0. The summed E-state index contributed by atoms with van der Waals surface area (Å²) in [5.74, 6) is 0.589. The van der Waals surface area contributed by atoms with E-state index in [9.17, 15) is 4.79 Å². The van der Waals surface area contributed by atoms with E-state index in [1.807, 2.05) is 0 Å². The molecule has 0 saturated carbocycles. The molecule has 0 aromatic carbocycles. The molecule has 1 aromatic rings. The number of rotatable bonds is 2. The molecule has 0 atom stereocenters. The minimum Gasteiger partial charge on any atom is -0.313 e. The molecule has 0 spiro atoms. The highest BCUT2D eigenvalue weighted by molar-refractivity contribution is 4.94. The van der Waals surface area contributed by atoms with Gasteiger partial charge < -0.3 is 9.97 Å². The number of hydrogen-bond acceptors (Lipinski definition) is 1. The smallest absolute Gasteiger partial charge is 0.313 e. The van der Waals surface area contributed by atoms with Crippen LogP contribution in [0, 0.1) is 5.92 Å². The maximum absolute atomic E-state index is 10.6. The molecule has 0 aliphatic carbocycles. The van der Waals surface area contributed by atoms with Gasteiger partial charge in [-0.2, -0.15) is 0 Å². The topological polar surface area (TPSA) is 48.6 Å². The molecule has 0 bridgehead atoms. The number of nitrogens with one attached hydrogen (secondary N) is 2. The van der Waals surface area contributed by atoms with E-state index in [-0.39, 0.29) is 5.69 Å². The SMILES string of the molecule is CC(C)Cc1c[nH]c(=O)[nH]1. The highest BCUT2D eigenvalue weighted by atomic mass is 16.1. The zero-order valence-electron chi connectivity index (χ0n) is 6.27. The van der Waals surface area contributed by atoms with Crippen LogP contribution in [0.5, 0.6) is 0 Å². The minimum absolute atomic E-state index is 0.115. The van der Waals surface area contributed by atoms with E-state index in [0.29, 0.717) is 5.92 Å². The van der Waals surface area contributed by atoms with Crippen LogP contribution < -0.4 is 5.69 Å². The second kappa shape index (κ2) is 2.73. The molecule has 10 heavy (non-hydrogen) atoms. The van der Waals surface area contributed by atoms with Gasteiger partial charge in [-0.15, -0.1) is 0 Å². The van der Waals surface area contributed by atoms with Gasteiger partial charge in [0, 0.05) is 11.9 Å². The monoisotopic (exact) mass is 140 g/mol. The Morgan fingerprint density at radius 1 is 1.60 bits per heavy atom. The van der Waals surface area contributed by atoms with Crippen molar-refractivity contribution in [3.05, 3.63) is 22.4 Å². The lowest BCUT2D eigenvalue weighted by Crippen LogP contribution is -2.02. The first-order valence-electron chi connectivity index (χ1n) is 3.45. The highest BCUT2D eigenvalue weighted by Gasteiger charge is 1.98. The van der Waals surface area contributed by atoms with Crippen LogP contribution in [0.1, 0.15) is 19.5 Å². The summed E-state index contributed by atoms with van der Waals surface area (Å²) in [5.41, 5.74) is 0.871. The Labute approximate surface area is 59.5 Å². The molecule has 1 aromatic heterocycles. The summed E-state index contributed by atoms with van der Waals surface area (Å²) >= 11 is 0. The van der Waals surface area contributed by atoms with Gasteiger partial charge in [0.2, 0.25) is 0 Å². The van der Waals surface area contributed by atoms with E-state index in [2.05, 4.69) is 23.8 Å². The lowest BCUT2D eigenvalue weighted by atomic mass is 10.1. The van der Waals surface area contributed by atoms with Crippen LogP contribution in [0.15, 0.2) is 11.0 Å². The summed E-state index contributed by atoms with van der Waals surface area (Å²) in [5, 5.41) is 0. The Balaban J connectivity index is 2.67. The highest BCUT2D eigenvalue weighted by Crippen LogP contribution is 2.00. The van der Waals surface area contributed by atoms with Gasteiger partial charge in [-0.3, -0.25) is 0 Å². The van der Waals surface area contributed by atoms with Gasteiger partial charge in [0.25, 0.3) is 0 Å². The fourth-order valence-corrected chi connectivity index (χ4v) is 0.920. The van der Waals surface area contributed by atoms with Crippen molar-refractivity contribution in [3.8, 4) is 0 Å². The molecule has 0 saturated heterocycles. The normalized spacial score (nSPS) is 10.7. The number of aromatic nitrogens is 2. The van der Waals surface area contributed by atoms with Crippen molar-refractivity contribution in [1.29, 1.82) is 0 Å². The van der Waals surface area contributed by atoms with Crippen molar-refractivity contribution in [2.24, 2.45) is 5.92 Å². The Bertz CT molecular complexity index is 246. The average molecular weight is 140 g/mol. The van der Waals surface area contributed by atoms with Gasteiger partial charge in [-0.05, 0) is 12.3 Å². The second-order valence-electron chi connectivity index (χ2n) is 2.87. The van der Waals surface area contributed by atoms with Crippen molar-refractivity contribution >= 4 is 0 Å². The van der Waals surface area contributed by atoms with Gasteiger partial charge in [0.15, 0.2) is 0 Å². The van der Waals surface area contributed by atoms with Crippen LogP contribution in [-0.4, -0.2) is 9.97 Å². The molecule has 0 radical (unpaired) electrons. The molecule has 1 rings (SSSR count). The molecule has 0 aliphatic rings. The Morgan fingerprint density at radius 3 is 2.70 bits per heavy atom. The predicted octanol–water partition coefficient (Wildman–Crippen LogP) is 0.901. The van der Waals surface area contributed by atoms with E-state index in [4.69, 9.17) is 0 Å². The quantitative estimate of drug-likeness (QED) is 0.630. The molecule has 0 amide bonds. The lowest BCUT2D eigenvalue weighted by molar-refractivity contribution is 0.637. The Morgan fingerprint density at radius 2 is 2.30 bits per heavy atom. The van der Waals surface area contributed by atoms with Gasteiger partial charge in [-0.25, -0.2) is 4.79 Å². The van der Waals surface area contributed by atoms with Crippen molar-refractivity contribution in [1.82, 2.24) is 9.97 Å². The van der Waals surface area contributed by atoms with Crippen LogP contribution in [-0.2, 0) is 6.42 Å². The largest absolute Gasteiger partial charge is 0.323 e. The van der Waals surface area contributed by atoms with Gasteiger partial charge in [-0.1, -0.05) is 13.8 Å². The molecule has 1 heterocycles. The van der Waals surface area contributed by atoms with Crippen LogP contribution in [0.25, 0.3) is 0 Å². The third-order valence-electron chi connectivity index (χ3n) is 1.28. The first kappa shape index (κ1) is 7.12. The van der Waals surface area contributed by atoms with Crippen molar-refractivity contribution in [2.45, 2.75) is 20.3 Å². The van der Waals surface area contributed by atoms with Crippen LogP contribution in [0.3, 0.4) is 0 Å². The van der Waals surface area contributed by atoms with Crippen molar-refractivity contribution in [2.75, 3.05) is 0 Å².